The van der Waals surface area contributed by atoms with Gasteiger partial charge in [-0.25, -0.2) is 4.79 Å². The van der Waals surface area contributed by atoms with Gasteiger partial charge < -0.3 is 20.5 Å². The van der Waals surface area contributed by atoms with Gasteiger partial charge in [-0.3, -0.25) is 4.79 Å². The fourth-order valence-corrected chi connectivity index (χ4v) is 3.15. The number of nitrogens with one attached hydrogen (secondary N) is 2. The van der Waals surface area contributed by atoms with E-state index in [4.69, 9.17) is 4.74 Å². The quantitative estimate of drug-likeness (QED) is 0.765. The van der Waals surface area contributed by atoms with Crippen LogP contribution in [0.25, 0.3) is 0 Å². The summed E-state index contributed by atoms with van der Waals surface area (Å²) in [7, 11) is 0. The summed E-state index contributed by atoms with van der Waals surface area (Å²) in [5, 5.41) is 15.7. The fourth-order valence-electron chi connectivity index (χ4n) is 3.15. The Morgan fingerprint density at radius 3 is 2.42 bits per heavy atom. The fraction of sp³-hybridized carbons (Fsp3) is 0.600. The molecule has 0 heterocycles. The first kappa shape index (κ1) is 20.1. The summed E-state index contributed by atoms with van der Waals surface area (Å²) in [6.45, 7) is 7.98. The third-order valence-electron chi connectivity index (χ3n) is 4.51. The summed E-state index contributed by atoms with van der Waals surface area (Å²) >= 11 is 0. The van der Waals surface area contributed by atoms with Crippen LogP contribution in [0.1, 0.15) is 62.4 Å². The van der Waals surface area contributed by atoms with Gasteiger partial charge in [0, 0.05) is 12.6 Å². The molecule has 6 heteroatoms. The number of phenols is 1. The van der Waals surface area contributed by atoms with Gasteiger partial charge in [0.15, 0.2) is 0 Å². The predicted octanol–water partition coefficient (Wildman–Crippen LogP) is 3.51. The maximum Gasteiger partial charge on any atom is 0.407 e. The molecule has 0 atom stereocenters. The third-order valence-corrected chi connectivity index (χ3v) is 4.51. The van der Waals surface area contributed by atoms with Gasteiger partial charge >= 0.3 is 6.09 Å². The van der Waals surface area contributed by atoms with Crippen molar-refractivity contribution in [1.82, 2.24) is 10.6 Å². The molecule has 1 aliphatic carbocycles. The van der Waals surface area contributed by atoms with Crippen LogP contribution in [-0.2, 0) is 4.74 Å². The summed E-state index contributed by atoms with van der Waals surface area (Å²) in [6.07, 6.45) is 3.20. The van der Waals surface area contributed by atoms with Crippen LogP contribution in [0.3, 0.4) is 0 Å². The average molecular weight is 362 g/mol. The Hall–Kier alpha value is -2.24. The van der Waals surface area contributed by atoms with E-state index in [-0.39, 0.29) is 23.8 Å². The van der Waals surface area contributed by atoms with Gasteiger partial charge in [0.05, 0.1) is 5.56 Å². The van der Waals surface area contributed by atoms with E-state index >= 15 is 0 Å². The largest absolute Gasteiger partial charge is 0.507 e. The summed E-state index contributed by atoms with van der Waals surface area (Å²) in [5.74, 6) is 0.166. The SMILES string of the molecule is Cc1ccc(C(=O)NC2CCC(CNC(=O)OC(C)(C)C)CC2)c(O)c1. The lowest BCUT2D eigenvalue weighted by Gasteiger charge is -2.29. The van der Waals surface area contributed by atoms with Crippen molar-refractivity contribution in [2.75, 3.05) is 6.54 Å². The lowest BCUT2D eigenvalue weighted by molar-refractivity contribution is 0.0514. The second kappa shape index (κ2) is 8.43. The van der Waals surface area contributed by atoms with Gasteiger partial charge in [0.1, 0.15) is 11.4 Å². The van der Waals surface area contributed by atoms with Gasteiger partial charge in [0.25, 0.3) is 5.91 Å². The van der Waals surface area contributed by atoms with Gasteiger partial charge in [-0.05, 0) is 77.0 Å². The highest BCUT2D eigenvalue weighted by Crippen LogP contribution is 2.25. The van der Waals surface area contributed by atoms with Crippen molar-refractivity contribution in [2.24, 2.45) is 5.92 Å². The number of aromatic hydroxyl groups is 1. The number of hydrogen-bond donors (Lipinski definition) is 3. The molecule has 2 amide bonds. The minimum Gasteiger partial charge on any atom is -0.507 e. The lowest BCUT2D eigenvalue weighted by atomic mass is 9.86. The van der Waals surface area contributed by atoms with Gasteiger partial charge in [-0.15, -0.1) is 0 Å². The molecule has 1 aromatic carbocycles. The topological polar surface area (TPSA) is 87.7 Å². The molecular formula is C20H30N2O4. The summed E-state index contributed by atoms with van der Waals surface area (Å²) in [4.78, 5) is 24.0. The van der Waals surface area contributed by atoms with Crippen molar-refractivity contribution in [3.8, 4) is 5.75 Å². The van der Waals surface area contributed by atoms with E-state index in [0.717, 1.165) is 31.2 Å². The average Bonchev–Trinajstić information content (AvgIpc) is 2.52. The number of amides is 2. The van der Waals surface area contributed by atoms with Crippen LogP contribution in [0.2, 0.25) is 0 Å². The van der Waals surface area contributed by atoms with Crippen LogP contribution in [0, 0.1) is 12.8 Å². The Morgan fingerprint density at radius 1 is 1.19 bits per heavy atom. The molecule has 1 aliphatic rings. The summed E-state index contributed by atoms with van der Waals surface area (Å²) in [6, 6.07) is 5.15. The van der Waals surface area contributed by atoms with Crippen LogP contribution < -0.4 is 10.6 Å². The maximum absolute atomic E-state index is 12.3. The highest BCUT2D eigenvalue weighted by atomic mass is 16.6. The van der Waals surface area contributed by atoms with E-state index in [9.17, 15) is 14.7 Å². The number of carbonyl (C=O) groups excluding carboxylic acids is 2. The number of carbonyl (C=O) groups is 2. The Labute approximate surface area is 155 Å². The number of rotatable bonds is 4. The second-order valence-corrected chi connectivity index (χ2v) is 8.09. The molecule has 144 valence electrons. The van der Waals surface area contributed by atoms with E-state index < -0.39 is 5.60 Å². The standard InChI is InChI=1S/C20H30N2O4/c1-13-5-10-16(17(23)11-13)18(24)22-15-8-6-14(7-9-15)12-21-19(25)26-20(2,3)4/h5,10-11,14-15,23H,6-9,12H2,1-4H3,(H,21,25)(H,22,24). The first-order chi connectivity index (χ1) is 12.1. The Bertz CT molecular complexity index is 644. The van der Waals surface area contributed by atoms with Crippen molar-refractivity contribution in [2.45, 2.75) is 65.0 Å². The van der Waals surface area contributed by atoms with E-state index in [1.165, 1.54) is 0 Å². The smallest absolute Gasteiger partial charge is 0.407 e. The van der Waals surface area contributed by atoms with Crippen LogP contribution in [0.5, 0.6) is 5.75 Å². The number of aryl methyl sites for hydroxylation is 1. The Morgan fingerprint density at radius 2 is 1.85 bits per heavy atom. The predicted molar refractivity (Wildman–Crippen MR) is 100 cm³/mol. The molecular weight excluding hydrogens is 332 g/mol. The zero-order valence-electron chi connectivity index (χ0n) is 16.1. The molecule has 0 saturated heterocycles. The van der Waals surface area contributed by atoms with E-state index in [0.29, 0.717) is 18.0 Å². The van der Waals surface area contributed by atoms with Crippen LogP contribution in [0.4, 0.5) is 4.79 Å². The number of hydrogen-bond acceptors (Lipinski definition) is 4. The first-order valence-corrected chi connectivity index (χ1v) is 9.21. The molecule has 0 bridgehead atoms. The van der Waals surface area contributed by atoms with Crippen LogP contribution in [0.15, 0.2) is 18.2 Å². The molecule has 0 spiro atoms. The van der Waals surface area contributed by atoms with Crippen molar-refractivity contribution in [3.63, 3.8) is 0 Å². The highest BCUT2D eigenvalue weighted by Gasteiger charge is 2.24. The molecule has 3 N–H and O–H groups in total. The number of ether oxygens (including phenoxy) is 1. The normalized spacial score (nSPS) is 20.3. The first-order valence-electron chi connectivity index (χ1n) is 9.21. The van der Waals surface area contributed by atoms with Gasteiger partial charge in [0.2, 0.25) is 0 Å². The molecule has 6 nitrogen and oxygen atoms in total. The van der Waals surface area contributed by atoms with E-state index in [2.05, 4.69) is 10.6 Å². The number of alkyl carbamates (subject to hydrolysis) is 1. The minimum atomic E-state index is -0.492. The minimum absolute atomic E-state index is 0.0118. The summed E-state index contributed by atoms with van der Waals surface area (Å²) in [5.41, 5.74) is 0.731. The number of benzene rings is 1. The maximum atomic E-state index is 12.3. The number of phenolic OH excluding ortho intramolecular Hbond substituents is 1. The Kier molecular flexibility index (Phi) is 6.51. The monoisotopic (exact) mass is 362 g/mol. The van der Waals surface area contributed by atoms with Crippen molar-refractivity contribution in [1.29, 1.82) is 0 Å². The van der Waals surface area contributed by atoms with Gasteiger partial charge in [-0.2, -0.15) is 0 Å². The van der Waals surface area contributed by atoms with Crippen molar-refractivity contribution < 1.29 is 19.4 Å². The van der Waals surface area contributed by atoms with Crippen molar-refractivity contribution >= 4 is 12.0 Å². The molecule has 1 saturated carbocycles. The van der Waals surface area contributed by atoms with Crippen molar-refractivity contribution in [3.05, 3.63) is 29.3 Å². The summed E-state index contributed by atoms with van der Waals surface area (Å²) < 4.78 is 5.24. The van der Waals surface area contributed by atoms with Gasteiger partial charge in [-0.1, -0.05) is 6.07 Å². The zero-order chi connectivity index (χ0) is 19.3. The zero-order valence-corrected chi connectivity index (χ0v) is 16.1. The lowest BCUT2D eigenvalue weighted by Crippen LogP contribution is -2.40. The third kappa shape index (κ3) is 6.24. The molecule has 0 unspecified atom stereocenters. The van der Waals surface area contributed by atoms with E-state index in [1.807, 2.05) is 33.8 Å². The second-order valence-electron chi connectivity index (χ2n) is 8.09. The molecule has 0 aromatic heterocycles. The molecule has 1 fully saturated rings. The van der Waals surface area contributed by atoms with Crippen LogP contribution in [-0.4, -0.2) is 35.3 Å². The molecule has 0 radical (unpaired) electrons. The molecule has 2 rings (SSSR count). The molecule has 0 aliphatic heterocycles. The highest BCUT2D eigenvalue weighted by molar-refractivity contribution is 5.97. The molecule has 1 aromatic rings. The van der Waals surface area contributed by atoms with E-state index in [1.54, 1.807) is 12.1 Å². The van der Waals surface area contributed by atoms with Crippen LogP contribution >= 0.6 is 0 Å². The molecule has 26 heavy (non-hydrogen) atoms. The Balaban J connectivity index is 1.74.